The molecule has 1 unspecified atom stereocenters. The molecule has 1 aliphatic heterocycles. The van der Waals surface area contributed by atoms with Crippen molar-refractivity contribution >= 4 is 11.5 Å². The second kappa shape index (κ2) is 5.06. The molecule has 1 aromatic rings. The van der Waals surface area contributed by atoms with Gasteiger partial charge in [-0.25, -0.2) is 4.39 Å². The first-order valence-corrected chi connectivity index (χ1v) is 6.25. The zero-order chi connectivity index (χ0) is 13.3. The van der Waals surface area contributed by atoms with Crippen LogP contribution in [-0.4, -0.2) is 43.4 Å². The number of rotatable bonds is 2. The maximum atomic E-state index is 14.0. The van der Waals surface area contributed by atoms with E-state index in [0.29, 0.717) is 17.3 Å². The van der Waals surface area contributed by atoms with Crippen LogP contribution < -0.4 is 4.90 Å². The molecule has 0 bridgehead atoms. The van der Waals surface area contributed by atoms with Crippen molar-refractivity contribution in [2.24, 2.45) is 0 Å². The highest BCUT2D eigenvalue weighted by atomic mass is 19.1. The summed E-state index contributed by atoms with van der Waals surface area (Å²) in [5.74, 6) is -0.393. The minimum Gasteiger partial charge on any atom is -0.366 e. The average molecular weight is 250 g/mol. The Labute approximate surface area is 107 Å². The van der Waals surface area contributed by atoms with Crippen LogP contribution in [0, 0.1) is 5.82 Å². The third-order valence-electron chi connectivity index (χ3n) is 3.64. The third kappa shape index (κ3) is 2.38. The number of nitrogens with zero attached hydrogens (tertiary/aromatic N) is 2. The first-order valence-electron chi connectivity index (χ1n) is 6.25. The number of hydrogen-bond donors (Lipinski definition) is 0. The molecule has 3 nitrogen and oxygen atoms in total. The van der Waals surface area contributed by atoms with Gasteiger partial charge in [-0.1, -0.05) is 6.07 Å². The summed E-state index contributed by atoms with van der Waals surface area (Å²) in [6.07, 6.45) is 0. The van der Waals surface area contributed by atoms with Gasteiger partial charge in [-0.3, -0.25) is 4.79 Å². The van der Waals surface area contributed by atoms with E-state index in [4.69, 9.17) is 0 Å². The second-order valence-corrected chi connectivity index (χ2v) is 4.97. The van der Waals surface area contributed by atoms with Gasteiger partial charge in [-0.2, -0.15) is 0 Å². The zero-order valence-electron chi connectivity index (χ0n) is 11.1. The molecule has 0 saturated carbocycles. The van der Waals surface area contributed by atoms with E-state index < -0.39 is 0 Å². The molecule has 0 N–H and O–H groups in total. The summed E-state index contributed by atoms with van der Waals surface area (Å²) in [5.41, 5.74) is 0.941. The summed E-state index contributed by atoms with van der Waals surface area (Å²) < 4.78 is 14.0. The molecule has 0 spiro atoms. The molecule has 0 aromatic heterocycles. The summed E-state index contributed by atoms with van der Waals surface area (Å²) >= 11 is 0. The van der Waals surface area contributed by atoms with Gasteiger partial charge in [0.05, 0.1) is 5.69 Å². The quantitative estimate of drug-likeness (QED) is 0.752. The Morgan fingerprint density at radius 1 is 1.39 bits per heavy atom. The van der Waals surface area contributed by atoms with Gasteiger partial charge in [-0.15, -0.1) is 0 Å². The number of para-hydroxylation sites is 1. The highest BCUT2D eigenvalue weighted by molar-refractivity contribution is 5.99. The number of Topliss-reactive ketones (excluding diaryl/α,β-unsaturated/α-hetero) is 1. The monoisotopic (exact) mass is 250 g/mol. The molecule has 0 aliphatic carbocycles. The molecule has 4 heteroatoms. The lowest BCUT2D eigenvalue weighted by atomic mass is 10.1. The smallest absolute Gasteiger partial charge is 0.161 e. The molecular formula is C14H19FN2O. The van der Waals surface area contributed by atoms with Crippen molar-refractivity contribution in [2.45, 2.75) is 19.9 Å². The molecule has 1 aromatic carbocycles. The predicted octanol–water partition coefficient (Wildman–Crippen LogP) is 2.17. The molecule has 1 heterocycles. The number of carbonyl (C=O) groups is 1. The van der Waals surface area contributed by atoms with Crippen molar-refractivity contribution in [3.05, 3.63) is 29.6 Å². The van der Waals surface area contributed by atoms with E-state index in [1.807, 2.05) is 4.90 Å². The fourth-order valence-electron chi connectivity index (χ4n) is 2.37. The lowest BCUT2D eigenvalue weighted by Crippen LogP contribution is -2.50. The lowest BCUT2D eigenvalue weighted by molar-refractivity contribution is 0.101. The van der Waals surface area contributed by atoms with Crippen LogP contribution in [0.1, 0.15) is 24.2 Å². The van der Waals surface area contributed by atoms with Crippen LogP contribution in [0.3, 0.4) is 0 Å². The first-order chi connectivity index (χ1) is 8.50. The molecule has 1 atom stereocenters. The zero-order valence-corrected chi connectivity index (χ0v) is 11.1. The standard InChI is InChI=1S/C14H19FN2O/c1-10-9-17(8-7-16(10)3)14-12(11(2)18)5-4-6-13(14)15/h4-6,10H,7-9H2,1-3H3. The number of anilines is 1. The maximum absolute atomic E-state index is 14.0. The third-order valence-corrected chi connectivity index (χ3v) is 3.64. The SMILES string of the molecule is CC(=O)c1cccc(F)c1N1CCN(C)C(C)C1. The van der Waals surface area contributed by atoms with Crippen molar-refractivity contribution < 1.29 is 9.18 Å². The largest absolute Gasteiger partial charge is 0.366 e. The summed E-state index contributed by atoms with van der Waals surface area (Å²) in [7, 11) is 2.06. The Hall–Kier alpha value is -1.42. The van der Waals surface area contributed by atoms with Crippen molar-refractivity contribution in [2.75, 3.05) is 31.6 Å². The van der Waals surface area contributed by atoms with Crippen molar-refractivity contribution in [3.8, 4) is 0 Å². The summed E-state index contributed by atoms with van der Waals surface area (Å²) in [4.78, 5) is 15.8. The Kier molecular flexibility index (Phi) is 3.66. The molecule has 1 fully saturated rings. The summed E-state index contributed by atoms with van der Waals surface area (Å²) in [5, 5.41) is 0. The van der Waals surface area contributed by atoms with Crippen molar-refractivity contribution in [1.82, 2.24) is 4.90 Å². The van der Waals surface area contributed by atoms with Crippen LogP contribution in [-0.2, 0) is 0 Å². The van der Waals surface area contributed by atoms with Crippen LogP contribution in [0.25, 0.3) is 0 Å². The van der Waals surface area contributed by atoms with Gasteiger partial charge in [0, 0.05) is 31.2 Å². The van der Waals surface area contributed by atoms with Crippen LogP contribution in [0.4, 0.5) is 10.1 Å². The van der Waals surface area contributed by atoms with E-state index in [9.17, 15) is 9.18 Å². The van der Waals surface area contributed by atoms with E-state index in [1.165, 1.54) is 13.0 Å². The fourth-order valence-corrected chi connectivity index (χ4v) is 2.37. The number of hydrogen-bond acceptors (Lipinski definition) is 3. The Morgan fingerprint density at radius 3 is 2.72 bits per heavy atom. The van der Waals surface area contributed by atoms with Gasteiger partial charge in [-0.05, 0) is 33.0 Å². The molecule has 1 saturated heterocycles. The topological polar surface area (TPSA) is 23.6 Å². The summed E-state index contributed by atoms with van der Waals surface area (Å²) in [6.45, 7) is 5.98. The van der Waals surface area contributed by atoms with Crippen LogP contribution in [0.2, 0.25) is 0 Å². The normalized spacial score (nSPS) is 21.1. The van der Waals surface area contributed by atoms with Gasteiger partial charge in [0.1, 0.15) is 5.82 Å². The van der Waals surface area contributed by atoms with E-state index in [2.05, 4.69) is 18.9 Å². The average Bonchev–Trinajstić information content (AvgIpc) is 2.32. The molecule has 0 amide bonds. The van der Waals surface area contributed by atoms with Crippen LogP contribution >= 0.6 is 0 Å². The van der Waals surface area contributed by atoms with Gasteiger partial charge < -0.3 is 9.80 Å². The van der Waals surface area contributed by atoms with Crippen molar-refractivity contribution in [3.63, 3.8) is 0 Å². The molecule has 1 aliphatic rings. The Morgan fingerprint density at radius 2 is 2.11 bits per heavy atom. The van der Waals surface area contributed by atoms with E-state index in [0.717, 1.165) is 19.6 Å². The highest BCUT2D eigenvalue weighted by Crippen LogP contribution is 2.27. The van der Waals surface area contributed by atoms with E-state index in [-0.39, 0.29) is 11.6 Å². The Bertz CT molecular complexity index is 461. The molecule has 18 heavy (non-hydrogen) atoms. The Balaban J connectivity index is 2.36. The highest BCUT2D eigenvalue weighted by Gasteiger charge is 2.25. The predicted molar refractivity (Wildman–Crippen MR) is 70.7 cm³/mol. The molecular weight excluding hydrogens is 231 g/mol. The minimum absolute atomic E-state index is 0.0870. The second-order valence-electron chi connectivity index (χ2n) is 4.97. The fraction of sp³-hybridized carbons (Fsp3) is 0.500. The number of piperazine rings is 1. The van der Waals surface area contributed by atoms with E-state index in [1.54, 1.807) is 12.1 Å². The van der Waals surface area contributed by atoms with Gasteiger partial charge in [0.25, 0.3) is 0 Å². The van der Waals surface area contributed by atoms with Crippen LogP contribution in [0.5, 0.6) is 0 Å². The van der Waals surface area contributed by atoms with Gasteiger partial charge in [0.15, 0.2) is 5.78 Å². The molecule has 98 valence electrons. The number of carbonyl (C=O) groups excluding carboxylic acids is 1. The van der Waals surface area contributed by atoms with E-state index >= 15 is 0 Å². The van der Waals surface area contributed by atoms with Gasteiger partial charge in [0.2, 0.25) is 0 Å². The number of ketones is 1. The summed E-state index contributed by atoms with van der Waals surface area (Å²) in [6, 6.07) is 5.07. The minimum atomic E-state index is -0.306. The molecule has 2 rings (SSSR count). The maximum Gasteiger partial charge on any atom is 0.161 e. The molecule has 0 radical (unpaired) electrons. The first kappa shape index (κ1) is 13.0. The van der Waals surface area contributed by atoms with Gasteiger partial charge >= 0.3 is 0 Å². The number of likely N-dealkylation sites (N-methyl/N-ethyl adjacent to an activating group) is 1. The van der Waals surface area contributed by atoms with Crippen molar-refractivity contribution in [1.29, 1.82) is 0 Å². The van der Waals surface area contributed by atoms with Crippen LogP contribution in [0.15, 0.2) is 18.2 Å². The lowest BCUT2D eigenvalue weighted by Gasteiger charge is -2.39. The number of benzene rings is 1. The number of halogens is 1.